The van der Waals surface area contributed by atoms with Crippen molar-refractivity contribution in [2.24, 2.45) is 0 Å². The van der Waals surface area contributed by atoms with Crippen molar-refractivity contribution < 1.29 is 8.95 Å². The zero-order chi connectivity index (χ0) is 8.81. The number of hydrogen-bond acceptors (Lipinski definition) is 3. The molecule has 1 heterocycles. The summed E-state index contributed by atoms with van der Waals surface area (Å²) in [6.07, 6.45) is 0.862. The lowest BCUT2D eigenvalue weighted by atomic mass is 10.5. The fraction of sp³-hybridized carbons (Fsp3) is 0.500. The Balaban J connectivity index is 2.30. The van der Waals surface area contributed by atoms with E-state index in [1.54, 1.807) is 18.4 Å². The molecule has 0 aliphatic heterocycles. The number of hydrogen-bond donors (Lipinski definition) is 0. The van der Waals surface area contributed by atoms with E-state index < -0.39 is 10.8 Å². The van der Waals surface area contributed by atoms with Crippen LogP contribution in [0.15, 0.2) is 21.7 Å². The lowest BCUT2D eigenvalue weighted by Crippen LogP contribution is -1.99. The molecule has 4 heteroatoms. The van der Waals surface area contributed by atoms with E-state index in [0.717, 1.165) is 10.6 Å². The van der Waals surface area contributed by atoms with Crippen molar-refractivity contribution >= 4 is 22.1 Å². The Morgan fingerprint density at radius 2 is 2.50 bits per heavy atom. The zero-order valence-corrected chi connectivity index (χ0v) is 8.62. The number of ether oxygens (including phenoxy) is 1. The van der Waals surface area contributed by atoms with Gasteiger partial charge in [0, 0.05) is 19.5 Å². The molecule has 1 aromatic rings. The van der Waals surface area contributed by atoms with Gasteiger partial charge in [-0.1, -0.05) is 6.07 Å². The second-order valence-corrected chi connectivity index (χ2v) is 5.07. The predicted octanol–water partition coefficient (Wildman–Crippen LogP) is 1.89. The van der Waals surface area contributed by atoms with Gasteiger partial charge in [-0.15, -0.1) is 11.3 Å². The van der Waals surface area contributed by atoms with Gasteiger partial charge >= 0.3 is 0 Å². The van der Waals surface area contributed by atoms with Crippen LogP contribution in [0.4, 0.5) is 0 Å². The van der Waals surface area contributed by atoms with Crippen LogP contribution in [0.3, 0.4) is 0 Å². The molecular formula is C8H12O2S2. The van der Waals surface area contributed by atoms with Crippen LogP contribution >= 0.6 is 11.3 Å². The fourth-order valence-electron chi connectivity index (χ4n) is 0.828. The van der Waals surface area contributed by atoms with E-state index in [-0.39, 0.29) is 0 Å². The minimum atomic E-state index is -0.815. The average Bonchev–Trinajstić information content (AvgIpc) is 2.56. The molecule has 0 fully saturated rings. The van der Waals surface area contributed by atoms with E-state index in [9.17, 15) is 4.21 Å². The quantitative estimate of drug-likeness (QED) is 0.685. The molecule has 0 saturated heterocycles. The van der Waals surface area contributed by atoms with E-state index in [1.807, 2.05) is 17.5 Å². The molecule has 0 spiro atoms. The summed E-state index contributed by atoms with van der Waals surface area (Å²) < 4.78 is 17.3. The first-order chi connectivity index (χ1) is 5.84. The maximum absolute atomic E-state index is 11.4. The van der Waals surface area contributed by atoms with Crippen LogP contribution in [0, 0.1) is 0 Å². The van der Waals surface area contributed by atoms with Crippen molar-refractivity contribution in [1.82, 2.24) is 0 Å². The summed E-state index contributed by atoms with van der Waals surface area (Å²) in [5.74, 6) is 0.703. The molecule has 0 aliphatic rings. The minimum Gasteiger partial charge on any atom is -0.385 e. The minimum absolute atomic E-state index is 0.692. The van der Waals surface area contributed by atoms with Gasteiger partial charge < -0.3 is 4.74 Å². The summed E-state index contributed by atoms with van der Waals surface area (Å²) in [6, 6.07) is 3.84. The molecule has 1 rings (SSSR count). The van der Waals surface area contributed by atoms with Crippen molar-refractivity contribution in [2.75, 3.05) is 19.5 Å². The zero-order valence-electron chi connectivity index (χ0n) is 6.99. The van der Waals surface area contributed by atoms with Gasteiger partial charge in [-0.25, -0.2) is 0 Å². The first-order valence-electron chi connectivity index (χ1n) is 3.75. The summed E-state index contributed by atoms with van der Waals surface area (Å²) in [6.45, 7) is 0.692. The van der Waals surface area contributed by atoms with E-state index in [0.29, 0.717) is 12.4 Å². The highest BCUT2D eigenvalue weighted by Crippen LogP contribution is 2.14. The third-order valence-corrected chi connectivity index (χ3v) is 4.15. The van der Waals surface area contributed by atoms with Crippen molar-refractivity contribution in [3.8, 4) is 0 Å². The Labute approximate surface area is 79.0 Å². The first kappa shape index (κ1) is 9.89. The molecule has 0 saturated carbocycles. The largest absolute Gasteiger partial charge is 0.385 e. The summed E-state index contributed by atoms with van der Waals surface area (Å²) in [4.78, 5) is 0. The maximum atomic E-state index is 11.4. The number of rotatable bonds is 5. The molecule has 0 radical (unpaired) electrons. The SMILES string of the molecule is COCCC[S@@](=O)c1cccs1. The topological polar surface area (TPSA) is 26.3 Å². The van der Waals surface area contributed by atoms with Gasteiger partial charge in [-0.2, -0.15) is 0 Å². The highest BCUT2D eigenvalue weighted by molar-refractivity contribution is 7.87. The smallest absolute Gasteiger partial charge is 0.0910 e. The summed E-state index contributed by atoms with van der Waals surface area (Å²) in [7, 11) is 0.846. The van der Waals surface area contributed by atoms with Crippen molar-refractivity contribution in [3.05, 3.63) is 17.5 Å². The normalized spacial score (nSPS) is 13.1. The predicted molar refractivity (Wildman–Crippen MR) is 52.1 cm³/mol. The first-order valence-corrected chi connectivity index (χ1v) is 5.95. The molecule has 0 unspecified atom stereocenters. The van der Waals surface area contributed by atoms with Crippen LogP contribution in [0.2, 0.25) is 0 Å². The van der Waals surface area contributed by atoms with E-state index in [4.69, 9.17) is 4.74 Å². The third-order valence-electron chi connectivity index (χ3n) is 1.40. The molecule has 68 valence electrons. The van der Waals surface area contributed by atoms with Gasteiger partial charge in [0.25, 0.3) is 0 Å². The van der Waals surface area contributed by atoms with E-state index >= 15 is 0 Å². The Morgan fingerprint density at radius 1 is 1.67 bits per heavy atom. The molecule has 1 atom stereocenters. The molecular weight excluding hydrogens is 192 g/mol. The molecule has 2 nitrogen and oxygen atoms in total. The maximum Gasteiger partial charge on any atom is 0.0910 e. The van der Waals surface area contributed by atoms with Crippen LogP contribution in [0.1, 0.15) is 6.42 Å². The van der Waals surface area contributed by atoms with Crippen LogP contribution in [0.25, 0.3) is 0 Å². The van der Waals surface area contributed by atoms with Gasteiger partial charge in [-0.3, -0.25) is 4.21 Å². The Hall–Kier alpha value is -0.190. The fourth-order valence-corrected chi connectivity index (χ4v) is 2.93. The summed E-state index contributed by atoms with van der Waals surface area (Å²) >= 11 is 1.55. The molecule has 0 aromatic carbocycles. The van der Waals surface area contributed by atoms with Gasteiger partial charge in [0.2, 0.25) is 0 Å². The van der Waals surface area contributed by atoms with Crippen LogP contribution < -0.4 is 0 Å². The Morgan fingerprint density at radius 3 is 3.08 bits per heavy atom. The highest BCUT2D eigenvalue weighted by atomic mass is 32.2. The van der Waals surface area contributed by atoms with Gasteiger partial charge in [0.1, 0.15) is 0 Å². The molecule has 0 aliphatic carbocycles. The number of thiophene rings is 1. The van der Waals surface area contributed by atoms with Crippen LogP contribution in [-0.2, 0) is 15.5 Å². The molecule has 0 amide bonds. The van der Waals surface area contributed by atoms with Gasteiger partial charge in [0.05, 0.1) is 15.0 Å². The molecule has 1 aromatic heterocycles. The lowest BCUT2D eigenvalue weighted by molar-refractivity contribution is 0.200. The third kappa shape index (κ3) is 3.05. The molecule has 0 bridgehead atoms. The molecule has 0 N–H and O–H groups in total. The Kier molecular flexibility index (Phi) is 4.50. The van der Waals surface area contributed by atoms with Gasteiger partial charge in [-0.05, 0) is 17.9 Å². The van der Waals surface area contributed by atoms with Gasteiger partial charge in [0.15, 0.2) is 0 Å². The summed E-state index contributed by atoms with van der Waals surface area (Å²) in [5, 5.41) is 1.95. The van der Waals surface area contributed by atoms with E-state index in [1.165, 1.54) is 0 Å². The monoisotopic (exact) mass is 204 g/mol. The second kappa shape index (κ2) is 5.45. The number of methoxy groups -OCH3 is 1. The lowest BCUT2D eigenvalue weighted by Gasteiger charge is -1.97. The standard InChI is InChI=1S/C8H12O2S2/c1-10-5-3-7-12(9)8-4-2-6-11-8/h2,4,6H,3,5,7H2,1H3/t12-/m1/s1. The van der Waals surface area contributed by atoms with Crippen molar-refractivity contribution in [3.63, 3.8) is 0 Å². The highest BCUT2D eigenvalue weighted by Gasteiger charge is 2.02. The average molecular weight is 204 g/mol. The van der Waals surface area contributed by atoms with E-state index in [2.05, 4.69) is 0 Å². The van der Waals surface area contributed by atoms with Crippen LogP contribution in [-0.4, -0.2) is 23.7 Å². The van der Waals surface area contributed by atoms with Crippen molar-refractivity contribution in [1.29, 1.82) is 0 Å². The van der Waals surface area contributed by atoms with Crippen LogP contribution in [0.5, 0.6) is 0 Å². The van der Waals surface area contributed by atoms with Crippen molar-refractivity contribution in [2.45, 2.75) is 10.6 Å². The summed E-state index contributed by atoms with van der Waals surface area (Å²) in [5.41, 5.74) is 0. The second-order valence-electron chi connectivity index (χ2n) is 2.33. The Bertz CT molecular complexity index is 231. The molecule has 12 heavy (non-hydrogen) atoms.